The third-order valence-corrected chi connectivity index (χ3v) is 4.72. The van der Waals surface area contributed by atoms with Crippen molar-refractivity contribution in [2.75, 3.05) is 0 Å². The van der Waals surface area contributed by atoms with E-state index in [0.29, 0.717) is 11.1 Å². The van der Waals surface area contributed by atoms with Gasteiger partial charge in [-0.15, -0.1) is 0 Å². The molecule has 0 fully saturated rings. The summed E-state index contributed by atoms with van der Waals surface area (Å²) < 4.78 is 0. The Morgan fingerprint density at radius 1 is 0.567 bits per heavy atom. The van der Waals surface area contributed by atoms with Gasteiger partial charge < -0.3 is 10.2 Å². The number of carboxylic acid groups (broad SMARTS) is 2. The average molecular weight is 392 g/mol. The second-order valence-corrected chi connectivity index (χ2v) is 6.80. The van der Waals surface area contributed by atoms with E-state index in [0.717, 1.165) is 28.0 Å². The van der Waals surface area contributed by atoms with Crippen molar-refractivity contribution < 1.29 is 19.8 Å². The number of fused-ring (bicyclic) bond motifs is 1. The van der Waals surface area contributed by atoms with Gasteiger partial charge in [0.2, 0.25) is 0 Å². The molecular formula is C26H16O4. The number of rotatable bonds is 3. The Hall–Kier alpha value is -4.36. The first kappa shape index (κ1) is 19.0. The maximum atomic E-state index is 11.4. The maximum Gasteiger partial charge on any atom is 0.335 e. The summed E-state index contributed by atoms with van der Waals surface area (Å²) in [7, 11) is 0. The molecule has 0 aromatic heterocycles. The summed E-state index contributed by atoms with van der Waals surface area (Å²) >= 11 is 0. The lowest BCUT2D eigenvalue weighted by Crippen LogP contribution is -2.03. The minimum atomic E-state index is -1.17. The van der Waals surface area contributed by atoms with Crippen LogP contribution in [0, 0.1) is 11.8 Å². The lowest BCUT2D eigenvalue weighted by Gasteiger charge is -2.06. The summed E-state index contributed by atoms with van der Waals surface area (Å²) in [5.41, 5.74) is 2.71. The Balaban J connectivity index is 1.71. The van der Waals surface area contributed by atoms with E-state index in [1.807, 2.05) is 60.7 Å². The van der Waals surface area contributed by atoms with Crippen LogP contribution in [0.2, 0.25) is 0 Å². The second-order valence-electron chi connectivity index (χ2n) is 6.80. The van der Waals surface area contributed by atoms with Gasteiger partial charge in [-0.25, -0.2) is 9.59 Å². The van der Waals surface area contributed by atoms with Crippen LogP contribution in [0.15, 0.2) is 84.9 Å². The summed E-state index contributed by atoms with van der Waals surface area (Å²) in [6, 6.07) is 25.5. The molecule has 0 aliphatic rings. The number of carboxylic acids is 2. The smallest absolute Gasteiger partial charge is 0.335 e. The highest BCUT2D eigenvalue weighted by atomic mass is 16.4. The average Bonchev–Trinajstić information content (AvgIpc) is 2.77. The highest BCUT2D eigenvalue weighted by Crippen LogP contribution is 2.24. The van der Waals surface area contributed by atoms with E-state index in [9.17, 15) is 19.8 Å². The molecule has 0 spiro atoms. The van der Waals surface area contributed by atoms with Gasteiger partial charge in [0.25, 0.3) is 0 Å². The van der Waals surface area contributed by atoms with Crippen LogP contribution in [-0.4, -0.2) is 22.2 Å². The van der Waals surface area contributed by atoms with Crippen LogP contribution in [-0.2, 0) is 0 Å². The number of hydrogen-bond donors (Lipinski definition) is 2. The van der Waals surface area contributed by atoms with Crippen molar-refractivity contribution in [3.63, 3.8) is 0 Å². The fourth-order valence-corrected chi connectivity index (χ4v) is 3.23. The summed E-state index contributed by atoms with van der Waals surface area (Å²) in [4.78, 5) is 22.7. The van der Waals surface area contributed by atoms with E-state index in [-0.39, 0.29) is 11.1 Å². The molecular weight excluding hydrogens is 376 g/mol. The lowest BCUT2D eigenvalue weighted by atomic mass is 9.98. The van der Waals surface area contributed by atoms with Gasteiger partial charge in [-0.3, -0.25) is 0 Å². The molecule has 2 N–H and O–H groups in total. The maximum absolute atomic E-state index is 11.4. The fourth-order valence-electron chi connectivity index (χ4n) is 3.23. The molecule has 4 aromatic carbocycles. The van der Waals surface area contributed by atoms with Gasteiger partial charge in [-0.1, -0.05) is 54.3 Å². The van der Waals surface area contributed by atoms with Gasteiger partial charge in [0, 0.05) is 11.1 Å². The monoisotopic (exact) mass is 392 g/mol. The first-order valence-corrected chi connectivity index (χ1v) is 9.22. The van der Waals surface area contributed by atoms with Crippen LogP contribution < -0.4 is 0 Å². The molecule has 0 saturated heterocycles. The molecule has 0 radical (unpaired) electrons. The number of aromatic carboxylic acids is 2. The quantitative estimate of drug-likeness (QED) is 0.464. The zero-order chi connectivity index (χ0) is 21.1. The highest BCUT2D eigenvalue weighted by molar-refractivity contribution is 5.96. The zero-order valence-electron chi connectivity index (χ0n) is 15.8. The normalized spacial score (nSPS) is 10.3. The largest absolute Gasteiger partial charge is 0.478 e. The molecule has 0 aliphatic carbocycles. The van der Waals surface area contributed by atoms with Gasteiger partial charge in [0.15, 0.2) is 0 Å². The summed E-state index contributed by atoms with van der Waals surface area (Å²) in [5, 5.41) is 20.8. The molecule has 4 aromatic rings. The SMILES string of the molecule is O=C(O)c1cc(C(=O)O)cc(-c2cccc(C#Cc3ccc4ccccc4c3)c2)c1. The van der Waals surface area contributed by atoms with Crippen LogP contribution in [0.4, 0.5) is 0 Å². The van der Waals surface area contributed by atoms with Crippen LogP contribution >= 0.6 is 0 Å². The molecule has 4 heteroatoms. The predicted molar refractivity (Wildman–Crippen MR) is 116 cm³/mol. The molecule has 4 rings (SSSR count). The van der Waals surface area contributed by atoms with Gasteiger partial charge in [-0.05, 0) is 64.4 Å². The van der Waals surface area contributed by atoms with Crippen molar-refractivity contribution in [3.05, 3.63) is 107 Å². The molecule has 144 valence electrons. The fraction of sp³-hybridized carbons (Fsp3) is 0. The van der Waals surface area contributed by atoms with Gasteiger partial charge in [0.1, 0.15) is 0 Å². The van der Waals surface area contributed by atoms with E-state index in [2.05, 4.69) is 11.8 Å². The first-order valence-electron chi connectivity index (χ1n) is 9.22. The molecule has 0 unspecified atom stereocenters. The Bertz CT molecular complexity index is 1320. The molecule has 0 saturated carbocycles. The topological polar surface area (TPSA) is 74.6 Å². The Labute approximate surface area is 173 Å². The van der Waals surface area contributed by atoms with Gasteiger partial charge in [0.05, 0.1) is 11.1 Å². The van der Waals surface area contributed by atoms with Crippen molar-refractivity contribution in [2.24, 2.45) is 0 Å². The number of benzene rings is 4. The van der Waals surface area contributed by atoms with E-state index in [1.165, 1.54) is 12.1 Å². The van der Waals surface area contributed by atoms with Crippen molar-refractivity contribution >= 4 is 22.7 Å². The van der Waals surface area contributed by atoms with Gasteiger partial charge >= 0.3 is 11.9 Å². The molecule has 0 aliphatic heterocycles. The minimum Gasteiger partial charge on any atom is -0.478 e. The Morgan fingerprint density at radius 2 is 1.20 bits per heavy atom. The third-order valence-electron chi connectivity index (χ3n) is 4.72. The Kier molecular flexibility index (Phi) is 5.02. The molecule has 0 atom stereocenters. The third kappa shape index (κ3) is 4.06. The number of carbonyl (C=O) groups is 2. The van der Waals surface area contributed by atoms with Crippen molar-refractivity contribution in [3.8, 4) is 23.0 Å². The second kappa shape index (κ2) is 7.94. The molecule has 0 amide bonds. The van der Waals surface area contributed by atoms with E-state index >= 15 is 0 Å². The summed E-state index contributed by atoms with van der Waals surface area (Å²) in [5.74, 6) is 3.93. The van der Waals surface area contributed by atoms with Crippen LogP contribution in [0.5, 0.6) is 0 Å². The van der Waals surface area contributed by atoms with E-state index in [1.54, 1.807) is 6.07 Å². The van der Waals surface area contributed by atoms with Crippen molar-refractivity contribution in [1.82, 2.24) is 0 Å². The minimum absolute atomic E-state index is 0.0717. The highest BCUT2D eigenvalue weighted by Gasteiger charge is 2.12. The standard InChI is InChI=1S/C26H16O4/c27-25(28)23-14-22(15-24(16-23)26(29)30)21-7-3-4-17(12-21)8-9-18-10-11-19-5-1-2-6-20(19)13-18/h1-7,10-16H,(H,27,28)(H,29,30). The van der Waals surface area contributed by atoms with Gasteiger partial charge in [-0.2, -0.15) is 0 Å². The first-order chi connectivity index (χ1) is 14.5. The molecule has 0 heterocycles. The predicted octanol–water partition coefficient (Wildman–Crippen LogP) is 5.30. The molecule has 4 nitrogen and oxygen atoms in total. The molecule has 30 heavy (non-hydrogen) atoms. The van der Waals surface area contributed by atoms with Crippen LogP contribution in [0.1, 0.15) is 31.8 Å². The van der Waals surface area contributed by atoms with Crippen molar-refractivity contribution in [2.45, 2.75) is 0 Å². The molecule has 0 bridgehead atoms. The van der Waals surface area contributed by atoms with Crippen LogP contribution in [0.25, 0.3) is 21.9 Å². The number of hydrogen-bond acceptors (Lipinski definition) is 2. The lowest BCUT2D eigenvalue weighted by molar-refractivity contribution is 0.0696. The van der Waals surface area contributed by atoms with E-state index in [4.69, 9.17) is 0 Å². The Morgan fingerprint density at radius 3 is 1.87 bits per heavy atom. The summed E-state index contributed by atoms with van der Waals surface area (Å²) in [6.45, 7) is 0. The van der Waals surface area contributed by atoms with Crippen LogP contribution in [0.3, 0.4) is 0 Å². The van der Waals surface area contributed by atoms with Crippen molar-refractivity contribution in [1.29, 1.82) is 0 Å². The summed E-state index contributed by atoms with van der Waals surface area (Å²) in [6.07, 6.45) is 0. The zero-order valence-corrected chi connectivity index (χ0v) is 15.8. The van der Waals surface area contributed by atoms with E-state index < -0.39 is 11.9 Å².